The van der Waals surface area contributed by atoms with Gasteiger partial charge < -0.3 is 9.67 Å². The number of imidazole rings is 1. The van der Waals surface area contributed by atoms with Crippen LogP contribution < -0.4 is 0 Å². The molecule has 0 aliphatic rings. The van der Waals surface area contributed by atoms with Crippen molar-refractivity contribution in [3.05, 3.63) is 39.6 Å². The molecule has 0 aliphatic carbocycles. The second-order valence-electron chi connectivity index (χ2n) is 3.55. The molecule has 16 heavy (non-hydrogen) atoms. The summed E-state index contributed by atoms with van der Waals surface area (Å²) < 4.78 is 1.97. The van der Waals surface area contributed by atoms with Gasteiger partial charge >= 0.3 is 0 Å². The summed E-state index contributed by atoms with van der Waals surface area (Å²) in [7, 11) is 0. The van der Waals surface area contributed by atoms with Crippen LogP contribution in [0.1, 0.15) is 30.2 Å². The molecule has 2 aromatic rings. The molecule has 1 atom stereocenters. The fraction of sp³-hybridized carbons (Fsp3) is 0.364. The quantitative estimate of drug-likeness (QED) is 0.913. The summed E-state index contributed by atoms with van der Waals surface area (Å²) in [5, 5.41) is 12.6. The molecule has 0 radical (unpaired) electrons. The molecular formula is C11H13ClN2OS. The fourth-order valence-corrected chi connectivity index (χ4v) is 2.66. The first-order valence-electron chi connectivity index (χ1n) is 5.15. The minimum Gasteiger partial charge on any atom is -0.380 e. The zero-order chi connectivity index (χ0) is 11.5. The van der Waals surface area contributed by atoms with Crippen molar-refractivity contribution in [2.45, 2.75) is 26.0 Å². The van der Waals surface area contributed by atoms with E-state index in [9.17, 15) is 5.11 Å². The lowest BCUT2D eigenvalue weighted by Crippen LogP contribution is -2.08. The molecule has 0 saturated carbocycles. The number of hydrogen-bond acceptors (Lipinski definition) is 3. The van der Waals surface area contributed by atoms with Gasteiger partial charge in [0.2, 0.25) is 0 Å². The highest BCUT2D eigenvalue weighted by Gasteiger charge is 2.17. The monoisotopic (exact) mass is 256 g/mol. The van der Waals surface area contributed by atoms with Crippen molar-refractivity contribution in [2.75, 3.05) is 0 Å². The van der Waals surface area contributed by atoms with Gasteiger partial charge in [-0.2, -0.15) is 0 Å². The zero-order valence-electron chi connectivity index (χ0n) is 8.93. The molecule has 0 spiro atoms. The molecule has 0 amide bonds. The third kappa shape index (κ3) is 2.29. The summed E-state index contributed by atoms with van der Waals surface area (Å²) >= 11 is 7.29. The van der Waals surface area contributed by atoms with Crippen molar-refractivity contribution < 1.29 is 5.11 Å². The molecule has 0 aliphatic heterocycles. The molecule has 2 heterocycles. The number of halogens is 1. The van der Waals surface area contributed by atoms with Crippen molar-refractivity contribution in [1.29, 1.82) is 0 Å². The maximum Gasteiger partial charge on any atom is 0.146 e. The molecule has 2 aromatic heterocycles. The van der Waals surface area contributed by atoms with Crippen LogP contribution >= 0.6 is 22.9 Å². The van der Waals surface area contributed by atoms with Gasteiger partial charge in [0, 0.05) is 29.2 Å². The Hall–Kier alpha value is -0.840. The molecule has 0 saturated heterocycles. The number of aliphatic hydroxyl groups is 1. The van der Waals surface area contributed by atoms with E-state index in [0.717, 1.165) is 17.8 Å². The van der Waals surface area contributed by atoms with E-state index in [1.807, 2.05) is 16.1 Å². The van der Waals surface area contributed by atoms with Crippen LogP contribution in [-0.2, 0) is 6.54 Å². The fourth-order valence-electron chi connectivity index (χ4n) is 1.60. The topological polar surface area (TPSA) is 38.0 Å². The lowest BCUT2D eigenvalue weighted by molar-refractivity contribution is 0.208. The average molecular weight is 257 g/mol. The van der Waals surface area contributed by atoms with Crippen LogP contribution in [0.25, 0.3) is 0 Å². The second-order valence-corrected chi connectivity index (χ2v) is 4.93. The number of thiophene rings is 1. The highest BCUT2D eigenvalue weighted by molar-refractivity contribution is 7.10. The summed E-state index contributed by atoms with van der Waals surface area (Å²) in [6.45, 7) is 2.96. The highest BCUT2D eigenvalue weighted by Crippen LogP contribution is 2.28. The van der Waals surface area contributed by atoms with E-state index in [-0.39, 0.29) is 0 Å². The standard InChI is InChI=1S/C11H13ClN2OS/c1-2-4-14-5-3-13-11(14)10(15)9-6-8(12)7-16-9/h3,5-7,10,15H,2,4H2,1H3. The molecule has 86 valence electrons. The normalized spacial score (nSPS) is 12.9. The van der Waals surface area contributed by atoms with Crippen molar-refractivity contribution in [3.63, 3.8) is 0 Å². The van der Waals surface area contributed by atoms with Crippen LogP contribution in [0.5, 0.6) is 0 Å². The third-order valence-electron chi connectivity index (χ3n) is 2.31. The van der Waals surface area contributed by atoms with Gasteiger partial charge in [0.05, 0.1) is 5.02 Å². The number of nitrogens with zero attached hydrogens (tertiary/aromatic N) is 2. The minimum absolute atomic E-state index is 0.660. The number of rotatable bonds is 4. The number of hydrogen-bond donors (Lipinski definition) is 1. The first kappa shape index (κ1) is 11.6. The molecule has 2 rings (SSSR count). The van der Waals surface area contributed by atoms with Crippen LogP contribution in [0.2, 0.25) is 5.02 Å². The van der Waals surface area contributed by atoms with Crippen molar-refractivity contribution >= 4 is 22.9 Å². The van der Waals surface area contributed by atoms with Gasteiger partial charge in [-0.15, -0.1) is 11.3 Å². The van der Waals surface area contributed by atoms with Crippen LogP contribution in [0.3, 0.4) is 0 Å². The SMILES string of the molecule is CCCn1ccnc1C(O)c1cc(Cl)cs1. The molecule has 0 aromatic carbocycles. The summed E-state index contributed by atoms with van der Waals surface area (Å²) in [4.78, 5) is 5.02. The summed E-state index contributed by atoms with van der Waals surface area (Å²) in [6, 6.07) is 1.78. The highest BCUT2D eigenvalue weighted by atomic mass is 35.5. The molecule has 0 fully saturated rings. The Morgan fingerprint density at radius 2 is 2.44 bits per heavy atom. The Bertz CT molecular complexity index is 466. The van der Waals surface area contributed by atoms with Gasteiger partial charge in [0.25, 0.3) is 0 Å². The second kappa shape index (κ2) is 4.99. The van der Waals surface area contributed by atoms with Crippen molar-refractivity contribution in [2.24, 2.45) is 0 Å². The predicted octanol–water partition coefficient (Wildman–Crippen LogP) is 3.09. The smallest absolute Gasteiger partial charge is 0.146 e. The molecule has 0 bridgehead atoms. The van der Waals surface area contributed by atoms with Gasteiger partial charge in [-0.1, -0.05) is 18.5 Å². The van der Waals surface area contributed by atoms with Crippen LogP contribution in [0.15, 0.2) is 23.8 Å². The van der Waals surface area contributed by atoms with E-state index in [1.165, 1.54) is 11.3 Å². The molecule has 1 N–H and O–H groups in total. The Morgan fingerprint density at radius 3 is 3.06 bits per heavy atom. The van der Waals surface area contributed by atoms with Gasteiger partial charge in [-0.3, -0.25) is 0 Å². The minimum atomic E-state index is -0.681. The van der Waals surface area contributed by atoms with Crippen molar-refractivity contribution in [1.82, 2.24) is 9.55 Å². The Morgan fingerprint density at radius 1 is 1.62 bits per heavy atom. The third-order valence-corrected chi connectivity index (χ3v) is 3.65. The van der Waals surface area contributed by atoms with E-state index in [0.29, 0.717) is 10.8 Å². The number of aryl methyl sites for hydroxylation is 1. The predicted molar refractivity (Wildman–Crippen MR) is 65.9 cm³/mol. The van der Waals surface area contributed by atoms with Gasteiger partial charge in [0.1, 0.15) is 11.9 Å². The van der Waals surface area contributed by atoms with Crippen LogP contribution in [0.4, 0.5) is 0 Å². The van der Waals surface area contributed by atoms with Crippen LogP contribution in [-0.4, -0.2) is 14.7 Å². The van der Waals surface area contributed by atoms with E-state index >= 15 is 0 Å². The zero-order valence-corrected chi connectivity index (χ0v) is 10.5. The van der Waals surface area contributed by atoms with E-state index < -0.39 is 6.10 Å². The first-order chi connectivity index (χ1) is 7.72. The van der Waals surface area contributed by atoms with Gasteiger partial charge in [-0.05, 0) is 12.5 Å². The molecule has 3 nitrogen and oxygen atoms in total. The molecule has 5 heteroatoms. The van der Waals surface area contributed by atoms with Gasteiger partial charge in [0.15, 0.2) is 0 Å². The summed E-state index contributed by atoms with van der Waals surface area (Å²) in [5.74, 6) is 0.681. The van der Waals surface area contributed by atoms with Crippen molar-refractivity contribution in [3.8, 4) is 0 Å². The average Bonchev–Trinajstić information content (AvgIpc) is 2.87. The van der Waals surface area contributed by atoms with E-state index in [1.54, 1.807) is 12.3 Å². The largest absolute Gasteiger partial charge is 0.380 e. The summed E-state index contributed by atoms with van der Waals surface area (Å²) in [6.07, 6.45) is 3.93. The molecule has 1 unspecified atom stereocenters. The summed E-state index contributed by atoms with van der Waals surface area (Å²) in [5.41, 5.74) is 0. The number of aliphatic hydroxyl groups excluding tert-OH is 1. The Balaban J connectivity index is 2.26. The Labute approximate surface area is 103 Å². The lowest BCUT2D eigenvalue weighted by Gasteiger charge is -2.10. The first-order valence-corrected chi connectivity index (χ1v) is 6.41. The van der Waals surface area contributed by atoms with E-state index in [2.05, 4.69) is 11.9 Å². The maximum atomic E-state index is 10.2. The Kier molecular flexibility index (Phi) is 3.63. The maximum absolute atomic E-state index is 10.2. The van der Waals surface area contributed by atoms with E-state index in [4.69, 9.17) is 11.6 Å². The molecular weight excluding hydrogens is 244 g/mol. The van der Waals surface area contributed by atoms with Gasteiger partial charge in [-0.25, -0.2) is 4.98 Å². The lowest BCUT2D eigenvalue weighted by atomic mass is 10.2. The van der Waals surface area contributed by atoms with Crippen LogP contribution in [0, 0.1) is 0 Å². The number of aromatic nitrogens is 2.